The van der Waals surface area contributed by atoms with E-state index in [-0.39, 0.29) is 11.9 Å². The van der Waals surface area contributed by atoms with Gasteiger partial charge in [0.05, 0.1) is 29.4 Å². The second-order valence-corrected chi connectivity index (χ2v) is 5.63. The summed E-state index contributed by atoms with van der Waals surface area (Å²) in [6, 6.07) is 4.95. The van der Waals surface area contributed by atoms with E-state index < -0.39 is 0 Å². The highest BCUT2D eigenvalue weighted by Crippen LogP contribution is 2.27. The van der Waals surface area contributed by atoms with Crippen LogP contribution in [0.5, 0.6) is 5.75 Å². The number of benzene rings is 1. The number of rotatable bonds is 4. The molecule has 0 aliphatic rings. The summed E-state index contributed by atoms with van der Waals surface area (Å²) in [5, 5.41) is 7.71. The minimum absolute atomic E-state index is 0.179. The fourth-order valence-electron chi connectivity index (χ4n) is 2.65. The lowest BCUT2D eigenvalue weighted by Crippen LogP contribution is -2.28. The minimum Gasteiger partial charge on any atom is -0.496 e. The third kappa shape index (κ3) is 2.95. The van der Waals surface area contributed by atoms with Gasteiger partial charge in [-0.2, -0.15) is 5.10 Å². The first kappa shape index (κ1) is 16.4. The van der Waals surface area contributed by atoms with Crippen LogP contribution >= 0.6 is 11.6 Å². The maximum absolute atomic E-state index is 12.6. The van der Waals surface area contributed by atoms with Gasteiger partial charge in [0.1, 0.15) is 5.75 Å². The number of hydrogen-bond acceptors (Lipinski definition) is 3. The van der Waals surface area contributed by atoms with Gasteiger partial charge in [0.15, 0.2) is 0 Å². The SMILES string of the molecule is COc1cccc(Cl)c1C(=O)N[C@H](C)c1c(C)nn(C)c1C. The number of aromatic nitrogens is 2. The summed E-state index contributed by atoms with van der Waals surface area (Å²) in [5.74, 6) is 0.189. The Bertz CT molecular complexity index is 710. The van der Waals surface area contributed by atoms with E-state index in [1.54, 1.807) is 18.2 Å². The van der Waals surface area contributed by atoms with Crippen molar-refractivity contribution < 1.29 is 9.53 Å². The largest absolute Gasteiger partial charge is 0.496 e. The Morgan fingerprint density at radius 2 is 2.09 bits per heavy atom. The number of aryl methyl sites for hydroxylation is 2. The number of ether oxygens (including phenoxy) is 1. The van der Waals surface area contributed by atoms with Crippen LogP contribution in [0.1, 0.15) is 40.3 Å². The van der Waals surface area contributed by atoms with Gasteiger partial charge in [-0.15, -0.1) is 0 Å². The standard InChI is InChI=1S/C16H20ClN3O2/c1-9(14-10(2)19-20(4)11(14)3)18-16(21)15-12(17)7-6-8-13(15)22-5/h6-9H,1-5H3,(H,18,21)/t9-/m1/s1. The summed E-state index contributed by atoms with van der Waals surface area (Å²) in [6.07, 6.45) is 0. The zero-order valence-corrected chi connectivity index (χ0v) is 14.2. The van der Waals surface area contributed by atoms with Crippen LogP contribution < -0.4 is 10.1 Å². The van der Waals surface area contributed by atoms with Crippen LogP contribution in [0.25, 0.3) is 0 Å². The van der Waals surface area contributed by atoms with Gasteiger partial charge in [-0.05, 0) is 32.9 Å². The number of carbonyl (C=O) groups excluding carboxylic acids is 1. The van der Waals surface area contributed by atoms with Crippen molar-refractivity contribution in [1.29, 1.82) is 0 Å². The van der Waals surface area contributed by atoms with E-state index in [1.165, 1.54) is 7.11 Å². The maximum Gasteiger partial charge on any atom is 0.257 e. The van der Waals surface area contributed by atoms with Crippen molar-refractivity contribution in [3.63, 3.8) is 0 Å². The van der Waals surface area contributed by atoms with Crippen LogP contribution in [0, 0.1) is 13.8 Å². The van der Waals surface area contributed by atoms with Crippen molar-refractivity contribution in [3.05, 3.63) is 45.7 Å². The minimum atomic E-state index is -0.266. The summed E-state index contributed by atoms with van der Waals surface area (Å²) in [7, 11) is 3.40. The molecule has 0 unspecified atom stereocenters. The number of amides is 1. The van der Waals surface area contributed by atoms with Gasteiger partial charge in [0.2, 0.25) is 0 Å². The van der Waals surface area contributed by atoms with Gasteiger partial charge in [-0.1, -0.05) is 17.7 Å². The zero-order chi connectivity index (χ0) is 16.4. The van der Waals surface area contributed by atoms with Crippen molar-refractivity contribution in [2.24, 2.45) is 7.05 Å². The Labute approximate surface area is 135 Å². The van der Waals surface area contributed by atoms with E-state index in [2.05, 4.69) is 10.4 Å². The Balaban J connectivity index is 2.29. The second-order valence-electron chi connectivity index (χ2n) is 5.22. The summed E-state index contributed by atoms with van der Waals surface area (Å²) < 4.78 is 7.03. The van der Waals surface area contributed by atoms with Crippen molar-refractivity contribution in [2.75, 3.05) is 7.11 Å². The van der Waals surface area contributed by atoms with Crippen LogP contribution in [0.4, 0.5) is 0 Å². The van der Waals surface area contributed by atoms with E-state index in [0.717, 1.165) is 17.0 Å². The highest BCUT2D eigenvalue weighted by Gasteiger charge is 2.22. The number of nitrogens with one attached hydrogen (secondary N) is 1. The van der Waals surface area contributed by atoms with E-state index in [1.807, 2.05) is 32.5 Å². The number of halogens is 1. The smallest absolute Gasteiger partial charge is 0.257 e. The van der Waals surface area contributed by atoms with E-state index in [9.17, 15) is 4.79 Å². The van der Waals surface area contributed by atoms with Gasteiger partial charge in [-0.3, -0.25) is 9.48 Å². The molecule has 1 heterocycles. The zero-order valence-electron chi connectivity index (χ0n) is 13.4. The average molecular weight is 322 g/mol. The molecule has 0 saturated carbocycles. The monoisotopic (exact) mass is 321 g/mol. The first-order valence-corrected chi connectivity index (χ1v) is 7.38. The molecule has 1 atom stereocenters. The maximum atomic E-state index is 12.6. The molecule has 2 aromatic rings. The first-order chi connectivity index (χ1) is 10.4. The molecule has 0 aliphatic carbocycles. The van der Waals surface area contributed by atoms with Crippen LogP contribution in [0.15, 0.2) is 18.2 Å². The molecule has 0 radical (unpaired) electrons. The molecular formula is C16H20ClN3O2. The predicted molar refractivity (Wildman–Crippen MR) is 86.6 cm³/mol. The summed E-state index contributed by atoms with van der Waals surface area (Å²) in [5.41, 5.74) is 3.29. The van der Waals surface area contributed by atoms with E-state index in [0.29, 0.717) is 16.3 Å². The highest BCUT2D eigenvalue weighted by molar-refractivity contribution is 6.34. The van der Waals surface area contributed by atoms with E-state index >= 15 is 0 Å². The van der Waals surface area contributed by atoms with Gasteiger partial charge in [-0.25, -0.2) is 0 Å². The summed E-state index contributed by atoms with van der Waals surface area (Å²) >= 11 is 6.14. The quantitative estimate of drug-likeness (QED) is 0.941. The predicted octanol–water partition coefficient (Wildman–Crippen LogP) is 3.19. The molecule has 0 saturated heterocycles. The highest BCUT2D eigenvalue weighted by atomic mass is 35.5. The molecule has 2 rings (SSSR count). The van der Waals surface area contributed by atoms with Gasteiger partial charge < -0.3 is 10.1 Å². The molecule has 6 heteroatoms. The van der Waals surface area contributed by atoms with Crippen molar-refractivity contribution in [1.82, 2.24) is 15.1 Å². The van der Waals surface area contributed by atoms with Crippen molar-refractivity contribution in [2.45, 2.75) is 26.8 Å². The Kier molecular flexibility index (Phi) is 4.76. The van der Waals surface area contributed by atoms with Gasteiger partial charge in [0, 0.05) is 18.3 Å². The average Bonchev–Trinajstić information content (AvgIpc) is 2.71. The molecule has 0 fully saturated rings. The third-order valence-electron chi connectivity index (χ3n) is 3.77. The lowest BCUT2D eigenvalue weighted by molar-refractivity contribution is 0.0937. The van der Waals surface area contributed by atoms with Crippen molar-refractivity contribution in [3.8, 4) is 5.75 Å². The molecule has 1 amide bonds. The van der Waals surface area contributed by atoms with E-state index in [4.69, 9.17) is 16.3 Å². The molecule has 5 nitrogen and oxygen atoms in total. The lowest BCUT2D eigenvalue weighted by atomic mass is 10.1. The van der Waals surface area contributed by atoms with Crippen LogP contribution in [0.2, 0.25) is 5.02 Å². The molecule has 1 N–H and O–H groups in total. The first-order valence-electron chi connectivity index (χ1n) is 7.00. The number of nitrogens with zero attached hydrogens (tertiary/aromatic N) is 2. The molecule has 22 heavy (non-hydrogen) atoms. The normalized spacial score (nSPS) is 12.1. The molecule has 1 aromatic carbocycles. The third-order valence-corrected chi connectivity index (χ3v) is 4.08. The second kappa shape index (κ2) is 6.40. The van der Waals surface area contributed by atoms with Gasteiger partial charge in [0.25, 0.3) is 5.91 Å². The van der Waals surface area contributed by atoms with Crippen LogP contribution in [-0.2, 0) is 7.05 Å². The number of carbonyl (C=O) groups is 1. The molecule has 1 aromatic heterocycles. The molecule has 0 aliphatic heterocycles. The summed E-state index contributed by atoms with van der Waals surface area (Å²) in [6.45, 7) is 5.84. The molecule has 0 spiro atoms. The lowest BCUT2D eigenvalue weighted by Gasteiger charge is -2.17. The molecular weight excluding hydrogens is 302 g/mol. The molecule has 118 valence electrons. The number of methoxy groups -OCH3 is 1. The van der Waals surface area contributed by atoms with Crippen LogP contribution in [0.3, 0.4) is 0 Å². The van der Waals surface area contributed by atoms with Crippen molar-refractivity contribution >= 4 is 17.5 Å². The van der Waals surface area contributed by atoms with Crippen LogP contribution in [-0.4, -0.2) is 22.8 Å². The fraction of sp³-hybridized carbons (Fsp3) is 0.375. The molecule has 0 bridgehead atoms. The van der Waals surface area contributed by atoms with Gasteiger partial charge >= 0.3 is 0 Å². The summed E-state index contributed by atoms with van der Waals surface area (Å²) in [4.78, 5) is 12.6. The topological polar surface area (TPSA) is 56.1 Å². The fourth-order valence-corrected chi connectivity index (χ4v) is 2.90. The Morgan fingerprint density at radius 3 is 2.64 bits per heavy atom. The Hall–Kier alpha value is -2.01. The Morgan fingerprint density at radius 1 is 1.41 bits per heavy atom. The number of hydrogen-bond donors (Lipinski definition) is 1.